The summed E-state index contributed by atoms with van der Waals surface area (Å²) in [5.74, 6) is 1.83. The highest BCUT2D eigenvalue weighted by Crippen LogP contribution is 2.55. The summed E-state index contributed by atoms with van der Waals surface area (Å²) < 4.78 is 6.52. The standard InChI is InChI=1S/C27H30N4O2/c1-17-28-12-20(13-29-17)21-6-4-5-18-11-19(7-8-22(18)21)26(32)31-15-24-23(14-30(2)3)25-9-10-27(24,16-31)33-25/h4-8,11-13,23-25H,9-10,14-16H2,1-3H3/t23-,24+,25+,27+/m1/s1. The van der Waals surface area contributed by atoms with Gasteiger partial charge in [-0.05, 0) is 62.3 Å². The molecule has 4 atom stereocenters. The molecule has 1 aromatic heterocycles. The molecule has 33 heavy (non-hydrogen) atoms. The molecular formula is C27H30N4O2. The highest BCUT2D eigenvalue weighted by Gasteiger charge is 2.63. The lowest BCUT2D eigenvalue weighted by atomic mass is 9.73. The molecule has 170 valence electrons. The molecule has 3 aliphatic rings. The smallest absolute Gasteiger partial charge is 0.253 e. The van der Waals surface area contributed by atoms with E-state index in [0.717, 1.165) is 65.8 Å². The molecule has 1 amide bonds. The second-order valence-corrected chi connectivity index (χ2v) is 10.2. The molecule has 1 spiro atoms. The van der Waals surface area contributed by atoms with Crippen LogP contribution in [0, 0.1) is 18.8 Å². The first-order chi connectivity index (χ1) is 15.9. The van der Waals surface area contributed by atoms with Gasteiger partial charge in [-0.2, -0.15) is 0 Å². The molecule has 0 aliphatic carbocycles. The van der Waals surface area contributed by atoms with Gasteiger partial charge in [-0.25, -0.2) is 9.97 Å². The van der Waals surface area contributed by atoms with Gasteiger partial charge in [-0.15, -0.1) is 0 Å². The van der Waals surface area contributed by atoms with Gasteiger partial charge in [-0.3, -0.25) is 4.79 Å². The molecule has 2 bridgehead atoms. The zero-order valence-corrected chi connectivity index (χ0v) is 19.5. The summed E-state index contributed by atoms with van der Waals surface area (Å²) in [6.45, 7) is 4.43. The number of rotatable bonds is 4. The van der Waals surface area contributed by atoms with Crippen molar-refractivity contribution in [1.29, 1.82) is 0 Å². The highest BCUT2D eigenvalue weighted by atomic mass is 16.5. The molecule has 3 fully saturated rings. The fraction of sp³-hybridized carbons (Fsp3) is 0.444. The number of amides is 1. The minimum Gasteiger partial charge on any atom is -0.369 e. The van der Waals surface area contributed by atoms with Crippen LogP contribution in [0.2, 0.25) is 0 Å². The molecule has 4 heterocycles. The van der Waals surface area contributed by atoms with Crippen LogP contribution in [-0.4, -0.2) is 71.1 Å². The average molecular weight is 443 g/mol. The zero-order valence-electron chi connectivity index (χ0n) is 19.5. The van der Waals surface area contributed by atoms with Crippen molar-refractivity contribution in [1.82, 2.24) is 19.8 Å². The largest absolute Gasteiger partial charge is 0.369 e. The maximum absolute atomic E-state index is 13.6. The number of hydrogen-bond donors (Lipinski definition) is 0. The summed E-state index contributed by atoms with van der Waals surface area (Å²) in [7, 11) is 4.26. The summed E-state index contributed by atoms with van der Waals surface area (Å²) in [5, 5.41) is 2.16. The molecule has 3 saturated heterocycles. The van der Waals surface area contributed by atoms with E-state index >= 15 is 0 Å². The number of ether oxygens (including phenoxy) is 1. The maximum atomic E-state index is 13.6. The minimum absolute atomic E-state index is 0.111. The van der Waals surface area contributed by atoms with E-state index in [0.29, 0.717) is 17.9 Å². The van der Waals surface area contributed by atoms with Crippen molar-refractivity contribution >= 4 is 16.7 Å². The van der Waals surface area contributed by atoms with Crippen LogP contribution < -0.4 is 0 Å². The number of carbonyl (C=O) groups excluding carboxylic acids is 1. The summed E-state index contributed by atoms with van der Waals surface area (Å²) in [5.41, 5.74) is 2.68. The molecule has 0 N–H and O–H groups in total. The lowest BCUT2D eigenvalue weighted by Gasteiger charge is -2.30. The Hall–Kier alpha value is -2.83. The number of fused-ring (bicyclic) bond motifs is 2. The molecule has 6 nitrogen and oxygen atoms in total. The first-order valence-electron chi connectivity index (χ1n) is 11.9. The summed E-state index contributed by atoms with van der Waals surface area (Å²) in [6, 6.07) is 12.2. The van der Waals surface area contributed by atoms with E-state index in [1.54, 1.807) is 0 Å². The number of likely N-dealkylation sites (tertiary alicyclic amines) is 1. The topological polar surface area (TPSA) is 58.6 Å². The molecule has 3 aromatic rings. The van der Waals surface area contributed by atoms with E-state index in [1.165, 1.54) is 0 Å². The van der Waals surface area contributed by atoms with Crippen molar-refractivity contribution in [3.8, 4) is 11.1 Å². The number of carbonyl (C=O) groups is 1. The number of benzene rings is 2. The van der Waals surface area contributed by atoms with Crippen LogP contribution in [0.25, 0.3) is 21.9 Å². The third-order valence-corrected chi connectivity index (χ3v) is 7.87. The van der Waals surface area contributed by atoms with Crippen molar-refractivity contribution in [2.24, 2.45) is 11.8 Å². The fourth-order valence-electron chi connectivity index (χ4n) is 6.39. The van der Waals surface area contributed by atoms with Crippen LogP contribution >= 0.6 is 0 Å². The van der Waals surface area contributed by atoms with Crippen LogP contribution in [0.3, 0.4) is 0 Å². The summed E-state index contributed by atoms with van der Waals surface area (Å²) in [4.78, 5) is 26.5. The molecule has 6 heteroatoms. The predicted octanol–water partition coefficient (Wildman–Crippen LogP) is 3.79. The van der Waals surface area contributed by atoms with Crippen molar-refractivity contribution < 1.29 is 9.53 Å². The minimum atomic E-state index is -0.129. The quantitative estimate of drug-likeness (QED) is 0.615. The third kappa shape index (κ3) is 3.35. The number of hydrogen-bond acceptors (Lipinski definition) is 5. The molecule has 0 saturated carbocycles. The van der Waals surface area contributed by atoms with Crippen molar-refractivity contribution in [3.05, 3.63) is 60.2 Å². The van der Waals surface area contributed by atoms with Crippen LogP contribution in [0.1, 0.15) is 29.0 Å². The number of aryl methyl sites for hydroxylation is 1. The van der Waals surface area contributed by atoms with E-state index in [1.807, 2.05) is 42.4 Å². The first kappa shape index (κ1) is 20.8. The molecule has 6 rings (SSSR count). The van der Waals surface area contributed by atoms with Gasteiger partial charge in [0.25, 0.3) is 5.91 Å². The van der Waals surface area contributed by atoms with Gasteiger partial charge in [0.1, 0.15) is 5.82 Å². The maximum Gasteiger partial charge on any atom is 0.253 e. The summed E-state index contributed by atoms with van der Waals surface area (Å²) in [6.07, 6.45) is 6.28. The van der Waals surface area contributed by atoms with Gasteiger partial charge in [0.05, 0.1) is 18.2 Å². The lowest BCUT2D eigenvalue weighted by molar-refractivity contribution is 0.00256. The normalized spacial score (nSPS) is 28.1. The average Bonchev–Trinajstić information content (AvgIpc) is 3.48. The predicted molar refractivity (Wildman–Crippen MR) is 128 cm³/mol. The van der Waals surface area contributed by atoms with E-state index in [2.05, 4.69) is 47.2 Å². The Morgan fingerprint density at radius 1 is 1.21 bits per heavy atom. The van der Waals surface area contributed by atoms with Crippen molar-refractivity contribution in [2.75, 3.05) is 33.7 Å². The van der Waals surface area contributed by atoms with E-state index in [4.69, 9.17) is 4.74 Å². The van der Waals surface area contributed by atoms with Gasteiger partial charge >= 0.3 is 0 Å². The Kier molecular flexibility index (Phi) is 4.78. The molecular weight excluding hydrogens is 412 g/mol. The van der Waals surface area contributed by atoms with Crippen LogP contribution in [0.15, 0.2) is 48.8 Å². The number of aromatic nitrogens is 2. The van der Waals surface area contributed by atoms with Gasteiger partial charge in [0, 0.05) is 48.4 Å². The SMILES string of the molecule is Cc1ncc(-c2cccc3cc(C(=O)N4C[C@H]5[C@@H](CN(C)C)[C@@H]6CC[C@@]5(C4)O6)ccc23)cn1. The Balaban J connectivity index is 1.28. The first-order valence-corrected chi connectivity index (χ1v) is 11.9. The molecule has 0 radical (unpaired) electrons. The Labute approximate surface area is 194 Å². The second-order valence-electron chi connectivity index (χ2n) is 10.2. The Morgan fingerprint density at radius 3 is 2.82 bits per heavy atom. The van der Waals surface area contributed by atoms with Gasteiger partial charge < -0.3 is 14.5 Å². The zero-order chi connectivity index (χ0) is 22.7. The molecule has 2 aromatic carbocycles. The van der Waals surface area contributed by atoms with E-state index < -0.39 is 0 Å². The monoisotopic (exact) mass is 442 g/mol. The third-order valence-electron chi connectivity index (χ3n) is 7.87. The van der Waals surface area contributed by atoms with Gasteiger partial charge in [0.2, 0.25) is 0 Å². The van der Waals surface area contributed by atoms with E-state index in [-0.39, 0.29) is 11.5 Å². The highest BCUT2D eigenvalue weighted by molar-refractivity contribution is 6.02. The van der Waals surface area contributed by atoms with Crippen molar-refractivity contribution in [2.45, 2.75) is 31.5 Å². The van der Waals surface area contributed by atoms with Crippen LogP contribution in [0.5, 0.6) is 0 Å². The Morgan fingerprint density at radius 2 is 2.03 bits per heavy atom. The number of nitrogens with zero attached hydrogens (tertiary/aromatic N) is 4. The Bertz CT molecular complexity index is 1220. The van der Waals surface area contributed by atoms with Gasteiger partial charge in [0.15, 0.2) is 0 Å². The second kappa shape index (κ2) is 7.61. The van der Waals surface area contributed by atoms with Crippen LogP contribution in [-0.2, 0) is 4.74 Å². The van der Waals surface area contributed by atoms with Gasteiger partial charge in [-0.1, -0.05) is 24.3 Å². The molecule has 0 unspecified atom stereocenters. The van der Waals surface area contributed by atoms with E-state index in [9.17, 15) is 4.79 Å². The summed E-state index contributed by atoms with van der Waals surface area (Å²) >= 11 is 0. The lowest BCUT2D eigenvalue weighted by Crippen LogP contribution is -2.40. The fourth-order valence-corrected chi connectivity index (χ4v) is 6.39. The van der Waals surface area contributed by atoms with Crippen LogP contribution in [0.4, 0.5) is 0 Å². The molecule has 3 aliphatic heterocycles. The van der Waals surface area contributed by atoms with Crippen molar-refractivity contribution in [3.63, 3.8) is 0 Å².